The molecule has 140 valence electrons. The fraction of sp³-hybridized carbons (Fsp3) is 0.400. The number of carbonyl (C=O) groups is 1. The van der Waals surface area contributed by atoms with Gasteiger partial charge in [-0.05, 0) is 31.5 Å². The summed E-state index contributed by atoms with van der Waals surface area (Å²) in [5.74, 6) is -0.415. The van der Waals surface area contributed by atoms with Crippen molar-refractivity contribution in [1.29, 1.82) is 0 Å². The highest BCUT2D eigenvalue weighted by Crippen LogP contribution is 2.28. The molecule has 1 amide bonds. The van der Waals surface area contributed by atoms with Crippen LogP contribution in [0.5, 0.6) is 0 Å². The van der Waals surface area contributed by atoms with E-state index in [4.69, 9.17) is 0 Å². The first-order valence-corrected chi connectivity index (χ1v) is 11.4. The third-order valence-electron chi connectivity index (χ3n) is 3.75. The van der Waals surface area contributed by atoms with Crippen molar-refractivity contribution in [2.24, 2.45) is 0 Å². The number of thioether (sulfide) groups is 1. The summed E-state index contributed by atoms with van der Waals surface area (Å²) < 4.78 is 36.9. The second-order valence-electron chi connectivity index (χ2n) is 6.25. The largest absolute Gasteiger partial charge is 0.349 e. The quantitative estimate of drug-likeness (QED) is 0.696. The molecule has 0 spiro atoms. The lowest BCUT2D eigenvalue weighted by Crippen LogP contribution is -2.47. The van der Waals surface area contributed by atoms with E-state index in [-0.39, 0.29) is 29.0 Å². The number of nitrogens with one attached hydrogen (secondary N) is 2. The minimum atomic E-state index is -3.07. The third-order valence-corrected chi connectivity index (χ3v) is 7.63. The van der Waals surface area contributed by atoms with E-state index in [0.717, 1.165) is 0 Å². The van der Waals surface area contributed by atoms with Gasteiger partial charge < -0.3 is 10.6 Å². The molecule has 0 unspecified atom stereocenters. The van der Waals surface area contributed by atoms with Crippen LogP contribution in [0.3, 0.4) is 0 Å². The number of carbonyl (C=O) groups excluding carboxylic acids is 1. The van der Waals surface area contributed by atoms with E-state index in [9.17, 15) is 17.6 Å². The summed E-state index contributed by atoms with van der Waals surface area (Å²) in [4.78, 5) is 12.1. The lowest BCUT2D eigenvalue weighted by Gasteiger charge is -2.23. The summed E-state index contributed by atoms with van der Waals surface area (Å²) in [5, 5.41) is 14.2. The van der Waals surface area contributed by atoms with Gasteiger partial charge in [0.1, 0.15) is 5.82 Å². The Hall–Kier alpha value is -1.72. The van der Waals surface area contributed by atoms with Crippen molar-refractivity contribution in [3.8, 4) is 0 Å². The Morgan fingerprint density at radius 2 is 2.23 bits per heavy atom. The maximum absolute atomic E-state index is 13.2. The zero-order valence-corrected chi connectivity index (χ0v) is 16.3. The summed E-state index contributed by atoms with van der Waals surface area (Å²) in [6.07, 6.45) is 0.423. The molecule has 2 N–H and O–H groups in total. The van der Waals surface area contributed by atoms with Crippen molar-refractivity contribution in [1.82, 2.24) is 15.5 Å². The highest BCUT2D eigenvalue weighted by molar-refractivity contribution is 8.01. The van der Waals surface area contributed by atoms with Gasteiger partial charge in [0.2, 0.25) is 11.0 Å². The second kappa shape index (κ2) is 7.49. The fourth-order valence-corrected chi connectivity index (χ4v) is 6.28. The predicted octanol–water partition coefficient (Wildman–Crippen LogP) is 2.21. The van der Waals surface area contributed by atoms with Crippen LogP contribution in [-0.2, 0) is 14.6 Å². The minimum absolute atomic E-state index is 0.0308. The predicted molar refractivity (Wildman–Crippen MR) is 100 cm³/mol. The molecule has 2 heterocycles. The van der Waals surface area contributed by atoms with Crippen LogP contribution in [0.2, 0.25) is 0 Å². The second-order valence-corrected chi connectivity index (χ2v) is 10.6. The zero-order chi connectivity index (χ0) is 18.8. The molecule has 3 rings (SSSR count). The molecule has 0 radical (unpaired) electrons. The Labute approximate surface area is 158 Å². The zero-order valence-electron chi connectivity index (χ0n) is 13.9. The molecule has 1 aliphatic rings. The number of anilines is 2. The van der Waals surface area contributed by atoms with Gasteiger partial charge in [0.25, 0.3) is 0 Å². The van der Waals surface area contributed by atoms with Crippen molar-refractivity contribution in [2.75, 3.05) is 22.6 Å². The summed E-state index contributed by atoms with van der Waals surface area (Å²) in [6.45, 7) is 1.74. The molecule has 0 bridgehead atoms. The standard InChI is InChI=1S/C15H17FN4O3S3/c1-15(5-6-26(22,23)9-15)18-12(21)8-24-14-20-19-13(25-14)17-11-4-2-3-10(16)7-11/h2-4,7H,5-6,8-9H2,1H3,(H,17,19)(H,18,21)/t15-/m1/s1. The van der Waals surface area contributed by atoms with Gasteiger partial charge in [0.05, 0.1) is 22.8 Å². The van der Waals surface area contributed by atoms with Crippen molar-refractivity contribution >= 4 is 49.7 Å². The Bertz CT molecular complexity index is 918. The number of rotatable bonds is 6. The molecule has 1 aromatic carbocycles. The highest BCUT2D eigenvalue weighted by atomic mass is 32.2. The van der Waals surface area contributed by atoms with E-state index in [1.54, 1.807) is 19.1 Å². The molecule has 0 saturated carbocycles. The van der Waals surface area contributed by atoms with Crippen LogP contribution in [-0.4, -0.2) is 47.3 Å². The number of hydrogen-bond donors (Lipinski definition) is 2. The lowest BCUT2D eigenvalue weighted by molar-refractivity contribution is -0.120. The number of benzene rings is 1. The van der Waals surface area contributed by atoms with E-state index >= 15 is 0 Å². The SMILES string of the molecule is C[C@@]1(NC(=O)CSc2nnc(Nc3cccc(F)c3)s2)CCS(=O)(=O)C1. The summed E-state index contributed by atoms with van der Waals surface area (Å²) in [6, 6.07) is 5.99. The first kappa shape index (κ1) is 19.1. The number of hydrogen-bond acceptors (Lipinski definition) is 8. The highest BCUT2D eigenvalue weighted by Gasteiger charge is 2.39. The van der Waals surface area contributed by atoms with Gasteiger partial charge in [0, 0.05) is 5.69 Å². The molecule has 1 saturated heterocycles. The van der Waals surface area contributed by atoms with Crippen molar-refractivity contribution < 1.29 is 17.6 Å². The first-order valence-electron chi connectivity index (χ1n) is 7.73. The summed E-state index contributed by atoms with van der Waals surface area (Å²) >= 11 is 2.46. The topological polar surface area (TPSA) is 101 Å². The lowest BCUT2D eigenvalue weighted by atomic mass is 10.0. The number of sulfone groups is 1. The molecule has 11 heteroatoms. The first-order chi connectivity index (χ1) is 12.2. The number of aromatic nitrogens is 2. The number of halogens is 1. The van der Waals surface area contributed by atoms with E-state index in [2.05, 4.69) is 20.8 Å². The van der Waals surface area contributed by atoms with E-state index in [1.165, 1.54) is 35.2 Å². The van der Waals surface area contributed by atoms with E-state index in [0.29, 0.717) is 21.6 Å². The van der Waals surface area contributed by atoms with Gasteiger partial charge in [-0.2, -0.15) is 0 Å². The van der Waals surface area contributed by atoms with Crippen LogP contribution >= 0.6 is 23.1 Å². The molecular weight excluding hydrogens is 399 g/mol. The molecule has 1 aromatic heterocycles. The summed E-state index contributed by atoms with van der Waals surface area (Å²) in [5.41, 5.74) is -0.146. The van der Waals surface area contributed by atoms with Crippen molar-refractivity contribution in [2.45, 2.75) is 23.2 Å². The molecule has 1 aliphatic heterocycles. The smallest absolute Gasteiger partial charge is 0.230 e. The van der Waals surface area contributed by atoms with Crippen LogP contribution in [0.1, 0.15) is 13.3 Å². The Balaban J connectivity index is 1.51. The monoisotopic (exact) mass is 416 g/mol. The van der Waals surface area contributed by atoms with Gasteiger partial charge in [-0.15, -0.1) is 10.2 Å². The van der Waals surface area contributed by atoms with Crippen molar-refractivity contribution in [3.05, 3.63) is 30.1 Å². The molecule has 2 aromatic rings. The average molecular weight is 417 g/mol. The Kier molecular flexibility index (Phi) is 5.49. The van der Waals surface area contributed by atoms with Crippen LogP contribution < -0.4 is 10.6 Å². The maximum Gasteiger partial charge on any atom is 0.230 e. The fourth-order valence-electron chi connectivity index (χ4n) is 2.62. The van der Waals surface area contributed by atoms with Gasteiger partial charge in [0.15, 0.2) is 14.2 Å². The van der Waals surface area contributed by atoms with Crippen LogP contribution in [0.15, 0.2) is 28.6 Å². The average Bonchev–Trinajstić information content (AvgIpc) is 3.09. The minimum Gasteiger partial charge on any atom is -0.349 e. The third kappa shape index (κ3) is 5.15. The van der Waals surface area contributed by atoms with Crippen LogP contribution in [0.4, 0.5) is 15.2 Å². The Morgan fingerprint density at radius 3 is 2.92 bits per heavy atom. The van der Waals surface area contributed by atoms with Crippen LogP contribution in [0.25, 0.3) is 0 Å². The van der Waals surface area contributed by atoms with Crippen molar-refractivity contribution in [3.63, 3.8) is 0 Å². The molecule has 0 aliphatic carbocycles. The van der Waals surface area contributed by atoms with Gasteiger partial charge in [-0.1, -0.05) is 29.2 Å². The number of amides is 1. The molecular formula is C15H17FN4O3S3. The van der Waals surface area contributed by atoms with E-state index in [1.807, 2.05) is 0 Å². The van der Waals surface area contributed by atoms with Crippen LogP contribution in [0, 0.1) is 5.82 Å². The van der Waals surface area contributed by atoms with Gasteiger partial charge in [-0.25, -0.2) is 12.8 Å². The van der Waals surface area contributed by atoms with Gasteiger partial charge >= 0.3 is 0 Å². The number of nitrogens with zero attached hydrogens (tertiary/aromatic N) is 2. The van der Waals surface area contributed by atoms with E-state index < -0.39 is 15.4 Å². The summed E-state index contributed by atoms with van der Waals surface area (Å²) in [7, 11) is -3.07. The normalized spacial score (nSPS) is 21.5. The molecule has 1 fully saturated rings. The Morgan fingerprint density at radius 1 is 1.42 bits per heavy atom. The molecule has 7 nitrogen and oxygen atoms in total. The molecule has 1 atom stereocenters. The maximum atomic E-state index is 13.2. The molecule has 26 heavy (non-hydrogen) atoms. The van der Waals surface area contributed by atoms with Gasteiger partial charge in [-0.3, -0.25) is 4.79 Å².